The van der Waals surface area contributed by atoms with E-state index in [1.165, 1.54) is 12.1 Å². The summed E-state index contributed by atoms with van der Waals surface area (Å²) in [6.45, 7) is 2.37. The summed E-state index contributed by atoms with van der Waals surface area (Å²) >= 11 is 0. The normalized spacial score (nSPS) is 34.4. The van der Waals surface area contributed by atoms with Crippen molar-refractivity contribution < 1.29 is 94.2 Å². The Labute approximate surface area is 484 Å². The predicted molar refractivity (Wildman–Crippen MR) is 294 cm³/mol. The maximum atomic E-state index is 16.0. The Morgan fingerprint density at radius 3 is 2.41 bits per heavy atom. The number of esters is 1. The Bertz CT molecular complexity index is 3770. The van der Waals surface area contributed by atoms with Crippen molar-refractivity contribution in [1.82, 2.24) is 15.6 Å². The zero-order valence-corrected chi connectivity index (χ0v) is 46.1. The number of hydrogen-bond donors (Lipinski definition) is 15. The molecule has 9 heterocycles. The number of aliphatic hydroxyl groups excluding tert-OH is 5. The van der Waals surface area contributed by atoms with Crippen molar-refractivity contribution >= 4 is 22.9 Å². The zero-order chi connectivity index (χ0) is 59.9. The summed E-state index contributed by atoms with van der Waals surface area (Å²) in [5.41, 5.74) is -10.1. The van der Waals surface area contributed by atoms with Crippen LogP contribution >= 0.6 is 0 Å². The van der Waals surface area contributed by atoms with E-state index in [9.17, 15) is 70.9 Å². The molecule has 5 fully saturated rings. The summed E-state index contributed by atoms with van der Waals surface area (Å²) in [4.78, 5) is 47.3. The van der Waals surface area contributed by atoms with Crippen molar-refractivity contribution in [2.45, 2.75) is 162 Å². The van der Waals surface area contributed by atoms with E-state index in [1.54, 1.807) is 18.3 Å². The van der Waals surface area contributed by atoms with E-state index in [4.69, 9.17) is 23.4 Å². The van der Waals surface area contributed by atoms with Gasteiger partial charge >= 0.3 is 11.9 Å². The lowest BCUT2D eigenvalue weighted by atomic mass is 9.55. The predicted octanol–water partition coefficient (Wildman–Crippen LogP) is 1.78. The largest absolute Gasteiger partial charge is 0.507 e. The molecule has 3 spiro atoms. The highest BCUT2D eigenvalue weighted by molar-refractivity contribution is 5.90. The number of phenols is 3. The molecule has 3 saturated heterocycles. The molecule has 14 rings (SSSR count). The van der Waals surface area contributed by atoms with Gasteiger partial charge in [0.25, 0.3) is 11.4 Å². The van der Waals surface area contributed by atoms with Gasteiger partial charge in [-0.3, -0.25) is 10.1 Å². The minimum Gasteiger partial charge on any atom is -0.507 e. The van der Waals surface area contributed by atoms with Gasteiger partial charge in [0, 0.05) is 76.5 Å². The van der Waals surface area contributed by atoms with E-state index >= 15 is 4.79 Å². The van der Waals surface area contributed by atoms with Gasteiger partial charge in [0.15, 0.2) is 28.6 Å². The number of allylic oxidation sites excluding steroid dienone is 4. The highest BCUT2D eigenvalue weighted by atomic mass is 16.8. The fourth-order valence-corrected chi connectivity index (χ4v) is 14.9. The number of carboxylic acids is 1. The molecule has 0 amide bonds. The molecule has 448 valence electrons. The van der Waals surface area contributed by atoms with E-state index in [2.05, 4.69) is 46.2 Å². The van der Waals surface area contributed by atoms with Crippen molar-refractivity contribution in [1.29, 1.82) is 0 Å². The second kappa shape index (κ2) is 20.2. The van der Waals surface area contributed by atoms with Gasteiger partial charge in [-0.05, 0) is 85.8 Å². The van der Waals surface area contributed by atoms with Gasteiger partial charge in [-0.15, -0.1) is 0 Å². The molecule has 23 nitrogen and oxygen atoms in total. The van der Waals surface area contributed by atoms with Crippen LogP contribution in [0.25, 0.3) is 22.3 Å². The fraction of sp³-hybridized carbons (Fsp3) is 0.500. The number of aliphatic hydroxyl groups is 8. The molecule has 85 heavy (non-hydrogen) atoms. The van der Waals surface area contributed by atoms with Crippen LogP contribution in [-0.2, 0) is 36.6 Å². The maximum absolute atomic E-state index is 16.0. The number of carbonyl (C=O) groups is 2. The number of H-pyrrole nitrogens is 1. The molecule has 10 aliphatic rings. The van der Waals surface area contributed by atoms with Crippen LogP contribution in [0.15, 0.2) is 80.3 Å². The summed E-state index contributed by atoms with van der Waals surface area (Å²) in [6, 6.07) is 6.52. The van der Waals surface area contributed by atoms with Crippen LogP contribution in [0, 0.1) is 40.9 Å². The number of carbonyl (C=O) groups excluding carboxylic acids is 1. The second-order valence-electron chi connectivity index (χ2n) is 24.2. The summed E-state index contributed by atoms with van der Waals surface area (Å²) in [5, 5.41) is 149. The lowest BCUT2D eigenvalue weighted by Gasteiger charge is -2.62. The minimum atomic E-state index is -3.90. The second-order valence-corrected chi connectivity index (χ2v) is 24.2. The lowest BCUT2D eigenvalue weighted by molar-refractivity contribution is -0.405. The average Bonchev–Trinajstić information content (AvgIpc) is 1.84. The lowest BCUT2D eigenvalue weighted by Crippen LogP contribution is -2.84. The average molecular weight is 1170 g/mol. The van der Waals surface area contributed by atoms with E-state index < -0.39 is 118 Å². The third-order valence-corrected chi connectivity index (χ3v) is 19.5. The number of aliphatic carboxylic acids is 1. The summed E-state index contributed by atoms with van der Waals surface area (Å²) in [7, 11) is 0. The first-order chi connectivity index (χ1) is 40.5. The Morgan fingerprint density at radius 2 is 1.67 bits per heavy atom. The smallest absolute Gasteiger partial charge is 0.354 e. The van der Waals surface area contributed by atoms with Gasteiger partial charge in [0.1, 0.15) is 46.5 Å². The number of nitrogens with one attached hydrogen (secondary N) is 3. The van der Waals surface area contributed by atoms with Crippen molar-refractivity contribution in [2.75, 3.05) is 13.2 Å². The molecule has 3 aliphatic carbocycles. The van der Waals surface area contributed by atoms with Crippen LogP contribution in [-0.4, -0.2) is 157 Å². The number of fused-ring (bicyclic) bond motifs is 6. The first-order valence-corrected chi connectivity index (χ1v) is 28.8. The van der Waals surface area contributed by atoms with Crippen LogP contribution in [0.3, 0.4) is 0 Å². The van der Waals surface area contributed by atoms with Gasteiger partial charge in [-0.25, -0.2) is 9.59 Å². The number of aromatic amines is 1. The first kappa shape index (κ1) is 56.9. The van der Waals surface area contributed by atoms with E-state index in [0.29, 0.717) is 42.6 Å². The molecule has 2 aromatic carbocycles. The molecule has 1 unspecified atom stereocenters. The topological polar surface area (TPSA) is 384 Å². The van der Waals surface area contributed by atoms with Crippen LogP contribution in [0.2, 0.25) is 0 Å². The van der Waals surface area contributed by atoms with Crippen molar-refractivity contribution in [3.63, 3.8) is 0 Å². The SMILES string of the molecule is C[C@@H]1CCNC2NC(CC3CCCC3)=C([C@H]3C=C4Cc5[nH]ccc5C#CC5(CCCC5)[C@]5(O)[C@H](O)[C@@H](O)[C@@]4(Oc4cc6oc(-c7cc(O)c(O)c(CCO)c7)cc(=O)c6c(O)c43)O[C@@]53CC#C[C@]4(C(=O)O)O[C@H](OC3=O)[C@H](O)[C@@H](O)C4(O)O)C=C21. The number of aromatic hydroxyl groups is 3. The van der Waals surface area contributed by atoms with Crippen LogP contribution in [0.4, 0.5) is 0 Å². The summed E-state index contributed by atoms with van der Waals surface area (Å²) in [5.74, 6) is -3.23. The van der Waals surface area contributed by atoms with Crippen LogP contribution in [0.1, 0.15) is 106 Å². The van der Waals surface area contributed by atoms with Crippen molar-refractivity contribution in [3.05, 3.63) is 104 Å². The number of dihydropyridines is 1. The molecule has 2 saturated carbocycles. The molecule has 7 aliphatic heterocycles. The molecule has 4 bridgehead atoms. The third kappa shape index (κ3) is 8.20. The number of piperidine rings is 1. The number of carboxylic acid groups (broad SMARTS) is 1. The minimum absolute atomic E-state index is 0.0207. The van der Waals surface area contributed by atoms with Crippen LogP contribution in [0.5, 0.6) is 23.0 Å². The monoisotopic (exact) mass is 1170 g/mol. The van der Waals surface area contributed by atoms with Crippen LogP contribution < -0.4 is 20.8 Å². The summed E-state index contributed by atoms with van der Waals surface area (Å²) in [6.07, 6.45) is -4.20. The molecule has 2 aromatic heterocycles. The number of benzene rings is 2. The Morgan fingerprint density at radius 1 is 0.906 bits per heavy atom. The molecular weight excluding hydrogens is 1110 g/mol. The molecule has 0 radical (unpaired) electrons. The first-order valence-electron chi connectivity index (χ1n) is 28.8. The molecule has 23 heteroatoms. The van der Waals surface area contributed by atoms with Gasteiger partial charge in [-0.1, -0.05) is 75.4 Å². The zero-order valence-electron chi connectivity index (χ0n) is 46.1. The highest BCUT2D eigenvalue weighted by Crippen LogP contribution is 2.63. The molecule has 12 atom stereocenters. The number of phenolic OH excluding ortho intramolecular Hbond substituents is 3. The van der Waals surface area contributed by atoms with Gasteiger partial charge in [0.2, 0.25) is 17.7 Å². The summed E-state index contributed by atoms with van der Waals surface area (Å²) < 4.78 is 32.3. The number of aromatic nitrogens is 1. The van der Waals surface area contributed by atoms with Gasteiger partial charge < -0.3 is 94.9 Å². The van der Waals surface area contributed by atoms with Crippen molar-refractivity contribution in [2.24, 2.45) is 17.3 Å². The Balaban J connectivity index is 1.13. The number of ether oxygens (including phenoxy) is 4. The molecular formula is C62H65N3O20. The Hall–Kier alpha value is -7.23. The highest BCUT2D eigenvalue weighted by Gasteiger charge is 2.80. The Kier molecular flexibility index (Phi) is 13.5. The van der Waals surface area contributed by atoms with E-state index in [-0.39, 0.29) is 88.4 Å². The standard InChI is InChI=1S/C62H65N3O20/c1-29-10-18-64-53-35(29)26-36(39(65-53)21-30-7-2-3-8-30)37-24-34-25-38-31(11-19-63-38)9-17-57(13-4-5-14-57)61(78)52(74)51(73)60(34,85-59(61)16-6-15-58(55(75)76)62(79,80)50(72)49(71)54(84-58)82-56(59)77)83-44-28-43-46(48(70)45(37)44)40(67)27-42(81-43)33-22-32(12-20-66)47(69)41(68)23-33/h11,19,22-24,26-30,37,49-54,63-66,68-74,78-80H,2-5,7-8,10,12-14,16,18,20-21,25H2,1H3,(H,75,76)/t29-,37-,49-,50-,51-,52-,53?,54+,58-,59-,60+,61-/m1/s1. The van der Waals surface area contributed by atoms with E-state index in [1.807, 2.05) is 6.08 Å². The molecule has 15 N–H and O–H groups in total. The third-order valence-electron chi connectivity index (χ3n) is 19.5. The van der Waals surface area contributed by atoms with E-state index in [0.717, 1.165) is 55.5 Å². The maximum Gasteiger partial charge on any atom is 0.354 e. The number of hydrogen-bond acceptors (Lipinski definition) is 21. The van der Waals surface area contributed by atoms with Crippen molar-refractivity contribution in [3.8, 4) is 58.0 Å². The molecule has 4 aromatic rings. The fourth-order valence-electron chi connectivity index (χ4n) is 14.9. The van der Waals surface area contributed by atoms with Gasteiger partial charge in [-0.2, -0.15) is 0 Å². The quantitative estimate of drug-likeness (QED) is 0.0412. The number of rotatable bonds is 7. The van der Waals surface area contributed by atoms with Gasteiger partial charge in [0.05, 0.1) is 18.0 Å².